The molecule has 0 saturated heterocycles. The smallest absolute Gasteiger partial charge is 0.196 e. The normalized spacial score (nSPS) is 9.95. The number of benzene rings is 2. The van der Waals surface area contributed by atoms with Gasteiger partial charge in [0.25, 0.3) is 0 Å². The van der Waals surface area contributed by atoms with Crippen LogP contribution in [0.15, 0.2) is 36.4 Å². The number of rotatable bonds is 2. The molecular formula is C16H13NO2. The van der Waals surface area contributed by atoms with E-state index in [4.69, 9.17) is 5.26 Å². The lowest BCUT2D eigenvalue weighted by atomic mass is 9.94. The SMILES string of the molecule is Cc1cc(C(=O)c2ccccc2)c(O)c(C#N)c1C. The van der Waals surface area contributed by atoms with Crippen LogP contribution in [0.4, 0.5) is 0 Å². The van der Waals surface area contributed by atoms with E-state index in [0.717, 1.165) is 5.56 Å². The van der Waals surface area contributed by atoms with Crippen molar-refractivity contribution in [1.82, 2.24) is 0 Å². The molecule has 0 atom stereocenters. The van der Waals surface area contributed by atoms with Crippen LogP contribution in [0, 0.1) is 25.2 Å². The van der Waals surface area contributed by atoms with Gasteiger partial charge in [0.2, 0.25) is 0 Å². The number of carbonyl (C=O) groups is 1. The van der Waals surface area contributed by atoms with Crippen LogP contribution in [0.25, 0.3) is 0 Å². The Balaban J connectivity index is 2.62. The van der Waals surface area contributed by atoms with Gasteiger partial charge in [-0.3, -0.25) is 4.79 Å². The monoisotopic (exact) mass is 251 g/mol. The molecule has 0 aromatic heterocycles. The van der Waals surface area contributed by atoms with Crippen LogP contribution >= 0.6 is 0 Å². The number of hydrogen-bond donors (Lipinski definition) is 1. The van der Waals surface area contributed by atoms with Crippen molar-refractivity contribution >= 4 is 5.78 Å². The third kappa shape index (κ3) is 2.21. The maximum atomic E-state index is 12.3. The molecule has 3 nitrogen and oxygen atoms in total. The molecule has 0 spiro atoms. The van der Waals surface area contributed by atoms with Crippen LogP contribution in [0.1, 0.15) is 32.6 Å². The summed E-state index contributed by atoms with van der Waals surface area (Å²) in [5.41, 5.74) is 2.34. The Kier molecular flexibility index (Phi) is 3.35. The summed E-state index contributed by atoms with van der Waals surface area (Å²) in [5.74, 6) is -0.517. The molecule has 0 unspecified atom stereocenters. The largest absolute Gasteiger partial charge is 0.506 e. The minimum Gasteiger partial charge on any atom is -0.506 e. The van der Waals surface area contributed by atoms with E-state index in [1.54, 1.807) is 37.3 Å². The van der Waals surface area contributed by atoms with Crippen molar-refractivity contribution in [1.29, 1.82) is 5.26 Å². The average Bonchev–Trinajstić information content (AvgIpc) is 2.44. The summed E-state index contributed by atoms with van der Waals surface area (Å²) in [7, 11) is 0. The maximum absolute atomic E-state index is 12.3. The molecule has 1 N–H and O–H groups in total. The second kappa shape index (κ2) is 4.95. The van der Waals surface area contributed by atoms with Crippen molar-refractivity contribution in [2.45, 2.75) is 13.8 Å². The van der Waals surface area contributed by atoms with E-state index in [0.29, 0.717) is 11.1 Å². The Morgan fingerprint density at radius 3 is 2.42 bits per heavy atom. The first kappa shape index (κ1) is 12.8. The fourth-order valence-electron chi connectivity index (χ4n) is 1.96. The van der Waals surface area contributed by atoms with Crippen LogP contribution in [0.2, 0.25) is 0 Å². The maximum Gasteiger partial charge on any atom is 0.196 e. The number of phenols is 1. The first-order valence-corrected chi connectivity index (χ1v) is 5.89. The number of nitrogens with zero attached hydrogens (tertiary/aromatic N) is 1. The van der Waals surface area contributed by atoms with Crippen LogP contribution in [0.3, 0.4) is 0 Å². The summed E-state index contributed by atoms with van der Waals surface area (Å²) in [6.07, 6.45) is 0. The third-order valence-corrected chi connectivity index (χ3v) is 3.21. The van der Waals surface area contributed by atoms with E-state index in [1.165, 1.54) is 0 Å². The van der Waals surface area contributed by atoms with Crippen molar-refractivity contribution in [3.63, 3.8) is 0 Å². The molecule has 0 heterocycles. The predicted octanol–water partition coefficient (Wildman–Crippen LogP) is 3.11. The molecule has 0 amide bonds. The summed E-state index contributed by atoms with van der Waals surface area (Å²) >= 11 is 0. The first-order valence-electron chi connectivity index (χ1n) is 5.89. The summed E-state index contributed by atoms with van der Waals surface area (Å²) in [5, 5.41) is 19.2. The number of aromatic hydroxyl groups is 1. The average molecular weight is 251 g/mol. The number of carbonyl (C=O) groups excluding carboxylic acids is 1. The van der Waals surface area contributed by atoms with Gasteiger partial charge in [-0.25, -0.2) is 0 Å². The molecule has 19 heavy (non-hydrogen) atoms. The summed E-state index contributed by atoms with van der Waals surface area (Å²) < 4.78 is 0. The summed E-state index contributed by atoms with van der Waals surface area (Å²) in [6.45, 7) is 3.57. The quantitative estimate of drug-likeness (QED) is 0.834. The molecule has 0 bridgehead atoms. The molecule has 2 aromatic carbocycles. The van der Waals surface area contributed by atoms with E-state index in [1.807, 2.05) is 19.1 Å². The standard InChI is InChI=1S/C16H13NO2/c1-10-8-13(16(19)14(9-17)11(10)2)15(18)12-6-4-3-5-7-12/h3-8,19H,1-2H3. The van der Waals surface area contributed by atoms with Gasteiger partial charge in [0, 0.05) is 5.56 Å². The van der Waals surface area contributed by atoms with Gasteiger partial charge in [-0.15, -0.1) is 0 Å². The van der Waals surface area contributed by atoms with E-state index >= 15 is 0 Å². The van der Waals surface area contributed by atoms with Gasteiger partial charge in [-0.2, -0.15) is 5.26 Å². The number of hydrogen-bond acceptors (Lipinski definition) is 3. The zero-order valence-corrected chi connectivity index (χ0v) is 10.8. The molecule has 2 aromatic rings. The number of aryl methyl sites for hydroxylation is 1. The highest BCUT2D eigenvalue weighted by molar-refractivity contribution is 6.11. The number of nitriles is 1. The second-order valence-electron chi connectivity index (χ2n) is 4.40. The Hall–Kier alpha value is -2.60. The molecule has 0 saturated carbocycles. The fraction of sp³-hybridized carbons (Fsp3) is 0.125. The first-order chi connectivity index (χ1) is 9.06. The van der Waals surface area contributed by atoms with E-state index in [9.17, 15) is 9.90 Å². The fourth-order valence-corrected chi connectivity index (χ4v) is 1.96. The topological polar surface area (TPSA) is 61.1 Å². The molecule has 94 valence electrons. The molecule has 0 aliphatic rings. The molecule has 0 fully saturated rings. The minimum absolute atomic E-state index is 0.166. The van der Waals surface area contributed by atoms with Crippen molar-refractivity contribution < 1.29 is 9.90 Å². The number of ketones is 1. The van der Waals surface area contributed by atoms with Crippen molar-refractivity contribution in [3.05, 3.63) is 64.2 Å². The van der Waals surface area contributed by atoms with Gasteiger partial charge >= 0.3 is 0 Å². The van der Waals surface area contributed by atoms with Gasteiger partial charge in [-0.05, 0) is 31.0 Å². The van der Waals surface area contributed by atoms with Crippen LogP contribution < -0.4 is 0 Å². The molecule has 3 heteroatoms. The van der Waals surface area contributed by atoms with Gasteiger partial charge in [0.05, 0.1) is 11.1 Å². The Labute approximate surface area is 111 Å². The predicted molar refractivity (Wildman–Crippen MR) is 72.2 cm³/mol. The number of phenolic OH excluding ortho intramolecular Hbond substituents is 1. The lowest BCUT2D eigenvalue weighted by molar-refractivity contribution is 0.103. The van der Waals surface area contributed by atoms with Crippen LogP contribution in [-0.2, 0) is 0 Å². The van der Waals surface area contributed by atoms with Gasteiger partial charge in [0.1, 0.15) is 11.8 Å². The van der Waals surface area contributed by atoms with Crippen LogP contribution in [0.5, 0.6) is 5.75 Å². The highest BCUT2D eigenvalue weighted by Gasteiger charge is 2.19. The second-order valence-corrected chi connectivity index (χ2v) is 4.40. The Morgan fingerprint density at radius 1 is 1.21 bits per heavy atom. The minimum atomic E-state index is -0.280. The van der Waals surface area contributed by atoms with Crippen molar-refractivity contribution in [3.8, 4) is 11.8 Å². The Morgan fingerprint density at radius 2 is 1.84 bits per heavy atom. The third-order valence-electron chi connectivity index (χ3n) is 3.21. The van der Waals surface area contributed by atoms with E-state index in [-0.39, 0.29) is 22.7 Å². The molecule has 0 aliphatic heterocycles. The highest BCUT2D eigenvalue weighted by Crippen LogP contribution is 2.29. The molecule has 0 radical (unpaired) electrons. The molecule has 2 rings (SSSR count). The van der Waals surface area contributed by atoms with Gasteiger partial charge in [-0.1, -0.05) is 30.3 Å². The summed E-state index contributed by atoms with van der Waals surface area (Å²) in [6, 6.07) is 12.3. The molecule has 0 aliphatic carbocycles. The zero-order valence-electron chi connectivity index (χ0n) is 10.8. The van der Waals surface area contributed by atoms with Gasteiger partial charge in [0.15, 0.2) is 5.78 Å². The van der Waals surface area contributed by atoms with Crippen molar-refractivity contribution in [2.75, 3.05) is 0 Å². The summed E-state index contributed by atoms with van der Waals surface area (Å²) in [4.78, 5) is 12.3. The Bertz CT molecular complexity index is 682. The van der Waals surface area contributed by atoms with Crippen LogP contribution in [-0.4, -0.2) is 10.9 Å². The highest BCUT2D eigenvalue weighted by atomic mass is 16.3. The van der Waals surface area contributed by atoms with E-state index < -0.39 is 0 Å². The van der Waals surface area contributed by atoms with E-state index in [2.05, 4.69) is 0 Å². The lowest BCUT2D eigenvalue weighted by Gasteiger charge is -2.10. The van der Waals surface area contributed by atoms with Gasteiger partial charge < -0.3 is 5.11 Å². The lowest BCUT2D eigenvalue weighted by Crippen LogP contribution is -2.04. The van der Waals surface area contributed by atoms with Crippen molar-refractivity contribution in [2.24, 2.45) is 0 Å². The molecular weight excluding hydrogens is 238 g/mol. The zero-order chi connectivity index (χ0) is 14.0.